The van der Waals surface area contributed by atoms with Crippen LogP contribution in [0.5, 0.6) is 5.75 Å². The van der Waals surface area contributed by atoms with Gasteiger partial charge in [0, 0.05) is 6.54 Å². The van der Waals surface area contributed by atoms with Gasteiger partial charge in [-0.25, -0.2) is 4.79 Å². The van der Waals surface area contributed by atoms with Crippen molar-refractivity contribution in [2.24, 2.45) is 0 Å². The molecule has 2 N–H and O–H groups in total. The molecule has 0 radical (unpaired) electrons. The van der Waals surface area contributed by atoms with Gasteiger partial charge in [-0.2, -0.15) is 0 Å². The van der Waals surface area contributed by atoms with E-state index in [2.05, 4.69) is 0 Å². The molecule has 6 heteroatoms. The van der Waals surface area contributed by atoms with Gasteiger partial charge in [-0.15, -0.1) is 0 Å². The molecule has 1 unspecified atom stereocenters. The van der Waals surface area contributed by atoms with Gasteiger partial charge in [0.05, 0.1) is 10.6 Å². The van der Waals surface area contributed by atoms with Crippen LogP contribution in [0.1, 0.15) is 36.5 Å². The van der Waals surface area contributed by atoms with E-state index in [1.807, 2.05) is 0 Å². The van der Waals surface area contributed by atoms with Crippen LogP contribution in [0.4, 0.5) is 0 Å². The van der Waals surface area contributed by atoms with Crippen molar-refractivity contribution in [2.75, 3.05) is 6.54 Å². The molecular weight excluding hydrogens is 282 g/mol. The number of hydrogen-bond acceptors (Lipinski definition) is 3. The number of phenolic OH excluding ortho intramolecular Hbond substituents is 1. The number of likely N-dealkylation sites (tertiary alicyclic amines) is 1. The van der Waals surface area contributed by atoms with Gasteiger partial charge in [-0.1, -0.05) is 18.5 Å². The number of aromatic hydroxyl groups is 1. The lowest BCUT2D eigenvalue weighted by Crippen LogP contribution is -2.52. The van der Waals surface area contributed by atoms with Gasteiger partial charge in [0.25, 0.3) is 5.91 Å². The van der Waals surface area contributed by atoms with E-state index < -0.39 is 17.4 Å². The second-order valence-corrected chi connectivity index (χ2v) is 5.32. The molecule has 0 bridgehead atoms. The molecular formula is C14H16ClNO4. The van der Waals surface area contributed by atoms with Crippen molar-refractivity contribution < 1.29 is 19.8 Å². The minimum Gasteiger partial charge on any atom is -0.508 e. The van der Waals surface area contributed by atoms with E-state index in [-0.39, 0.29) is 16.3 Å². The number of carbonyl (C=O) groups excluding carboxylic acids is 1. The molecule has 1 aliphatic rings. The molecule has 1 fully saturated rings. The summed E-state index contributed by atoms with van der Waals surface area (Å²) >= 11 is 5.98. The summed E-state index contributed by atoms with van der Waals surface area (Å²) < 4.78 is 0. The predicted octanol–water partition coefficient (Wildman–Crippen LogP) is 2.52. The normalized spacial score (nSPS) is 22.0. The molecule has 1 aliphatic heterocycles. The number of amides is 1. The maximum absolute atomic E-state index is 12.6. The van der Waals surface area contributed by atoms with Gasteiger partial charge < -0.3 is 15.1 Å². The number of carboxylic acid groups (broad SMARTS) is 1. The van der Waals surface area contributed by atoms with Crippen molar-refractivity contribution in [1.82, 2.24) is 4.90 Å². The summed E-state index contributed by atoms with van der Waals surface area (Å²) in [5, 5.41) is 19.2. The Labute approximate surface area is 121 Å². The highest BCUT2D eigenvalue weighted by molar-refractivity contribution is 6.34. The van der Waals surface area contributed by atoms with Crippen LogP contribution in [0.2, 0.25) is 5.02 Å². The number of aliphatic carboxylic acids is 1. The molecule has 20 heavy (non-hydrogen) atoms. The van der Waals surface area contributed by atoms with E-state index in [0.717, 1.165) is 0 Å². The predicted molar refractivity (Wildman–Crippen MR) is 74.0 cm³/mol. The first-order valence-electron chi connectivity index (χ1n) is 6.46. The molecule has 0 saturated carbocycles. The molecule has 0 spiro atoms. The molecule has 1 amide bonds. The highest BCUT2D eigenvalue weighted by atomic mass is 35.5. The van der Waals surface area contributed by atoms with Gasteiger partial charge in [-0.3, -0.25) is 4.79 Å². The highest BCUT2D eigenvalue weighted by Gasteiger charge is 2.48. The lowest BCUT2D eigenvalue weighted by molar-refractivity contribution is -0.148. The van der Waals surface area contributed by atoms with Gasteiger partial charge in [0.1, 0.15) is 11.3 Å². The number of hydrogen-bond donors (Lipinski definition) is 2. The third-order valence-electron chi connectivity index (χ3n) is 3.90. The van der Waals surface area contributed by atoms with E-state index in [0.29, 0.717) is 25.8 Å². The van der Waals surface area contributed by atoms with Crippen LogP contribution < -0.4 is 0 Å². The summed E-state index contributed by atoms with van der Waals surface area (Å²) in [4.78, 5) is 25.5. The number of carboxylic acids is 1. The number of halogens is 1. The quantitative estimate of drug-likeness (QED) is 0.898. The maximum atomic E-state index is 12.6. The minimum atomic E-state index is -1.17. The number of nitrogens with zero attached hydrogens (tertiary/aromatic N) is 1. The topological polar surface area (TPSA) is 77.8 Å². The van der Waals surface area contributed by atoms with E-state index in [9.17, 15) is 19.8 Å². The fourth-order valence-corrected chi connectivity index (χ4v) is 2.94. The van der Waals surface area contributed by atoms with Crippen molar-refractivity contribution in [3.63, 3.8) is 0 Å². The third kappa shape index (κ3) is 2.22. The molecule has 1 atom stereocenters. The smallest absolute Gasteiger partial charge is 0.329 e. The van der Waals surface area contributed by atoms with Crippen LogP contribution in [0.3, 0.4) is 0 Å². The average molecular weight is 298 g/mol. The van der Waals surface area contributed by atoms with Crippen LogP contribution in [0.25, 0.3) is 0 Å². The zero-order valence-corrected chi connectivity index (χ0v) is 11.9. The van der Waals surface area contributed by atoms with Crippen molar-refractivity contribution in [3.8, 4) is 5.75 Å². The van der Waals surface area contributed by atoms with Gasteiger partial charge in [-0.05, 0) is 37.5 Å². The number of phenols is 1. The monoisotopic (exact) mass is 297 g/mol. The Morgan fingerprint density at radius 2 is 2.15 bits per heavy atom. The SMILES string of the molecule is CCC1(C(=O)O)CCCN1C(=O)c1cc(O)ccc1Cl. The van der Waals surface area contributed by atoms with Crippen molar-refractivity contribution >= 4 is 23.5 Å². The average Bonchev–Trinajstić information content (AvgIpc) is 2.85. The fourth-order valence-electron chi connectivity index (χ4n) is 2.74. The fraction of sp³-hybridized carbons (Fsp3) is 0.429. The van der Waals surface area contributed by atoms with Crippen molar-refractivity contribution in [3.05, 3.63) is 28.8 Å². The van der Waals surface area contributed by atoms with Crippen molar-refractivity contribution in [1.29, 1.82) is 0 Å². The number of rotatable bonds is 3. The molecule has 1 saturated heterocycles. The maximum Gasteiger partial charge on any atom is 0.329 e. The molecule has 108 valence electrons. The Bertz CT molecular complexity index is 560. The molecule has 0 aromatic heterocycles. The van der Waals surface area contributed by atoms with E-state index >= 15 is 0 Å². The Morgan fingerprint density at radius 1 is 1.45 bits per heavy atom. The third-order valence-corrected chi connectivity index (χ3v) is 4.23. The Hall–Kier alpha value is -1.75. The summed E-state index contributed by atoms with van der Waals surface area (Å²) in [5.74, 6) is -1.52. The molecule has 5 nitrogen and oxygen atoms in total. The summed E-state index contributed by atoms with van der Waals surface area (Å²) in [6.45, 7) is 2.13. The highest BCUT2D eigenvalue weighted by Crippen LogP contribution is 2.35. The van der Waals surface area contributed by atoms with Gasteiger partial charge in [0.15, 0.2) is 0 Å². The molecule has 0 aliphatic carbocycles. The van der Waals surface area contributed by atoms with E-state index in [4.69, 9.17) is 11.6 Å². The zero-order valence-electron chi connectivity index (χ0n) is 11.1. The largest absolute Gasteiger partial charge is 0.508 e. The molecule has 1 aromatic rings. The van der Waals surface area contributed by atoms with Crippen LogP contribution in [0, 0.1) is 0 Å². The Morgan fingerprint density at radius 3 is 2.75 bits per heavy atom. The van der Waals surface area contributed by atoms with Gasteiger partial charge >= 0.3 is 5.97 Å². The van der Waals surface area contributed by atoms with Crippen molar-refractivity contribution in [2.45, 2.75) is 31.7 Å². The summed E-state index contributed by atoms with van der Waals surface area (Å²) in [5.41, 5.74) is -1.04. The van der Waals surface area contributed by atoms with Crippen LogP contribution in [-0.2, 0) is 4.79 Å². The molecule has 1 heterocycles. The number of carbonyl (C=O) groups is 2. The van der Waals surface area contributed by atoms with Gasteiger partial charge in [0.2, 0.25) is 0 Å². The Kier molecular flexibility index (Phi) is 3.90. The Balaban J connectivity index is 2.42. The summed E-state index contributed by atoms with van der Waals surface area (Å²) in [7, 11) is 0. The first kappa shape index (κ1) is 14.7. The molecule has 1 aromatic carbocycles. The summed E-state index contributed by atoms with van der Waals surface area (Å²) in [6.07, 6.45) is 1.41. The van der Waals surface area contributed by atoms with Crippen LogP contribution in [-0.4, -0.2) is 39.1 Å². The zero-order chi connectivity index (χ0) is 14.9. The number of benzene rings is 1. The second kappa shape index (κ2) is 5.32. The standard InChI is InChI=1S/C14H16ClNO4/c1-2-14(13(19)20)6-3-7-16(14)12(18)10-8-9(17)4-5-11(10)15/h4-5,8,17H,2-3,6-7H2,1H3,(H,19,20). The second-order valence-electron chi connectivity index (χ2n) is 4.91. The van der Waals surface area contributed by atoms with Crippen LogP contribution in [0.15, 0.2) is 18.2 Å². The minimum absolute atomic E-state index is 0.0747. The van der Waals surface area contributed by atoms with Crippen LogP contribution >= 0.6 is 11.6 Å². The van der Waals surface area contributed by atoms with E-state index in [1.54, 1.807) is 6.92 Å². The first-order valence-corrected chi connectivity index (χ1v) is 6.84. The van der Waals surface area contributed by atoms with E-state index in [1.165, 1.54) is 23.1 Å². The summed E-state index contributed by atoms with van der Waals surface area (Å²) in [6, 6.07) is 4.08. The lowest BCUT2D eigenvalue weighted by atomic mass is 9.92. The molecule has 2 rings (SSSR count). The first-order chi connectivity index (χ1) is 9.42. The lowest BCUT2D eigenvalue weighted by Gasteiger charge is -2.34.